The standard InChI is InChI=1S/C19H27FN4O2/c1-3-13(2)16(18(21)25)22-19(26)17-14-9-5-6-10-15(14)24(23-17)12-8-4-7-11-20/h5-6,9-10,13,16H,3-4,7-8,11-12H2,1-2H3,(H2,21,25)(H,22,26)/t13-,16-/m0/s1. The summed E-state index contributed by atoms with van der Waals surface area (Å²) in [5.41, 5.74) is 6.56. The molecule has 0 radical (unpaired) electrons. The maximum Gasteiger partial charge on any atom is 0.273 e. The Morgan fingerprint density at radius 1 is 1.27 bits per heavy atom. The number of benzene rings is 1. The van der Waals surface area contributed by atoms with E-state index in [2.05, 4.69) is 10.4 Å². The zero-order valence-electron chi connectivity index (χ0n) is 15.4. The first-order valence-corrected chi connectivity index (χ1v) is 9.11. The van der Waals surface area contributed by atoms with Crippen molar-refractivity contribution in [3.63, 3.8) is 0 Å². The maximum absolute atomic E-state index is 12.7. The summed E-state index contributed by atoms with van der Waals surface area (Å²) < 4.78 is 14.0. The van der Waals surface area contributed by atoms with E-state index in [0.29, 0.717) is 13.0 Å². The number of amides is 2. The molecule has 1 heterocycles. The van der Waals surface area contributed by atoms with Crippen LogP contribution in [0.1, 0.15) is 50.0 Å². The van der Waals surface area contributed by atoms with Crippen molar-refractivity contribution in [1.29, 1.82) is 0 Å². The minimum Gasteiger partial charge on any atom is -0.368 e. The molecular weight excluding hydrogens is 335 g/mol. The van der Waals surface area contributed by atoms with Crippen LogP contribution in [0, 0.1) is 5.92 Å². The SMILES string of the molecule is CC[C@H](C)[C@H](NC(=O)c1nn(CCCCCF)c2ccccc12)C(N)=O. The Morgan fingerprint density at radius 3 is 2.65 bits per heavy atom. The lowest BCUT2D eigenvalue weighted by molar-refractivity contribution is -0.120. The number of rotatable bonds is 10. The van der Waals surface area contributed by atoms with Gasteiger partial charge in [-0.2, -0.15) is 5.10 Å². The number of halogens is 1. The molecule has 2 amide bonds. The Balaban J connectivity index is 2.25. The summed E-state index contributed by atoms with van der Waals surface area (Å²) in [7, 11) is 0. The number of fused-ring (bicyclic) bond motifs is 1. The topological polar surface area (TPSA) is 90.0 Å². The van der Waals surface area contributed by atoms with Gasteiger partial charge in [0, 0.05) is 11.9 Å². The summed E-state index contributed by atoms with van der Waals surface area (Å²) in [4.78, 5) is 24.4. The summed E-state index contributed by atoms with van der Waals surface area (Å²) >= 11 is 0. The molecule has 2 rings (SSSR count). The Hall–Kier alpha value is -2.44. The number of aryl methyl sites for hydroxylation is 1. The largest absolute Gasteiger partial charge is 0.368 e. The van der Waals surface area contributed by atoms with Gasteiger partial charge < -0.3 is 11.1 Å². The summed E-state index contributed by atoms with van der Waals surface area (Å²) in [6.45, 7) is 4.10. The molecule has 0 spiro atoms. The first-order chi connectivity index (χ1) is 12.5. The van der Waals surface area contributed by atoms with Crippen LogP contribution in [0.5, 0.6) is 0 Å². The van der Waals surface area contributed by atoms with Crippen molar-refractivity contribution in [3.05, 3.63) is 30.0 Å². The van der Waals surface area contributed by atoms with Gasteiger partial charge in [-0.1, -0.05) is 38.5 Å². The number of nitrogens with two attached hydrogens (primary N) is 1. The number of nitrogens with one attached hydrogen (secondary N) is 1. The van der Waals surface area contributed by atoms with Gasteiger partial charge in [0.2, 0.25) is 5.91 Å². The van der Waals surface area contributed by atoms with E-state index >= 15 is 0 Å². The summed E-state index contributed by atoms with van der Waals surface area (Å²) in [6.07, 6.45) is 2.80. The number of unbranched alkanes of at least 4 members (excludes halogenated alkanes) is 2. The van der Waals surface area contributed by atoms with E-state index in [1.807, 2.05) is 38.1 Å². The molecule has 0 fully saturated rings. The maximum atomic E-state index is 12.7. The monoisotopic (exact) mass is 362 g/mol. The number of hydrogen-bond donors (Lipinski definition) is 2. The summed E-state index contributed by atoms with van der Waals surface area (Å²) in [5.74, 6) is -1.03. The molecule has 3 N–H and O–H groups in total. The van der Waals surface area contributed by atoms with Crippen LogP contribution in [0.2, 0.25) is 0 Å². The fraction of sp³-hybridized carbons (Fsp3) is 0.526. The zero-order valence-corrected chi connectivity index (χ0v) is 15.4. The first kappa shape index (κ1) is 19.9. The van der Waals surface area contributed by atoms with Gasteiger partial charge in [-0.3, -0.25) is 18.7 Å². The van der Waals surface area contributed by atoms with Crippen molar-refractivity contribution in [2.24, 2.45) is 11.7 Å². The molecule has 0 aliphatic heterocycles. The van der Waals surface area contributed by atoms with Gasteiger partial charge >= 0.3 is 0 Å². The number of carbonyl (C=O) groups excluding carboxylic acids is 2. The number of hydrogen-bond acceptors (Lipinski definition) is 3. The lowest BCUT2D eigenvalue weighted by Crippen LogP contribution is -2.48. The third-order valence-corrected chi connectivity index (χ3v) is 4.68. The average molecular weight is 362 g/mol. The minimum absolute atomic E-state index is 0.0644. The van der Waals surface area contributed by atoms with Crippen molar-refractivity contribution in [3.8, 4) is 0 Å². The van der Waals surface area contributed by atoms with Crippen molar-refractivity contribution < 1.29 is 14.0 Å². The molecule has 0 saturated carbocycles. The van der Waals surface area contributed by atoms with Gasteiger partial charge in [0.25, 0.3) is 5.91 Å². The van der Waals surface area contributed by atoms with E-state index < -0.39 is 17.9 Å². The molecule has 142 valence electrons. The molecule has 26 heavy (non-hydrogen) atoms. The Morgan fingerprint density at radius 2 is 2.00 bits per heavy atom. The van der Waals surface area contributed by atoms with E-state index in [1.54, 1.807) is 4.68 Å². The highest BCUT2D eigenvalue weighted by molar-refractivity contribution is 6.06. The van der Waals surface area contributed by atoms with Crippen molar-refractivity contribution in [2.45, 2.75) is 52.1 Å². The van der Waals surface area contributed by atoms with Crippen LogP contribution in [0.25, 0.3) is 10.9 Å². The van der Waals surface area contributed by atoms with Crippen LogP contribution >= 0.6 is 0 Å². The molecule has 0 aliphatic rings. The molecule has 0 bridgehead atoms. The van der Waals surface area contributed by atoms with E-state index in [0.717, 1.165) is 30.2 Å². The third kappa shape index (κ3) is 4.59. The fourth-order valence-corrected chi connectivity index (χ4v) is 2.94. The predicted molar refractivity (Wildman–Crippen MR) is 99.5 cm³/mol. The van der Waals surface area contributed by atoms with Crippen molar-refractivity contribution >= 4 is 22.7 Å². The molecule has 0 unspecified atom stereocenters. The quantitative estimate of drug-likeness (QED) is 0.637. The van der Waals surface area contributed by atoms with Gasteiger partial charge in [-0.05, 0) is 31.2 Å². The second-order valence-corrected chi connectivity index (χ2v) is 6.58. The Bertz CT molecular complexity index is 759. The molecule has 7 heteroatoms. The Labute approximate surface area is 152 Å². The highest BCUT2D eigenvalue weighted by Gasteiger charge is 2.26. The number of carbonyl (C=O) groups is 2. The summed E-state index contributed by atoms with van der Waals surface area (Å²) in [6, 6.07) is 6.72. The van der Waals surface area contributed by atoms with E-state index in [9.17, 15) is 14.0 Å². The van der Waals surface area contributed by atoms with Crippen molar-refractivity contribution in [2.75, 3.05) is 6.67 Å². The van der Waals surface area contributed by atoms with Crippen LogP contribution in [0.4, 0.5) is 4.39 Å². The molecule has 1 aromatic carbocycles. The molecule has 0 aliphatic carbocycles. The molecule has 1 aromatic heterocycles. The van der Waals surface area contributed by atoms with Crippen LogP contribution in [-0.4, -0.2) is 34.3 Å². The van der Waals surface area contributed by atoms with Crippen LogP contribution < -0.4 is 11.1 Å². The normalized spacial score (nSPS) is 13.5. The van der Waals surface area contributed by atoms with Gasteiger partial charge in [-0.25, -0.2) is 0 Å². The van der Waals surface area contributed by atoms with Gasteiger partial charge in [0.15, 0.2) is 5.69 Å². The molecular formula is C19H27FN4O2. The first-order valence-electron chi connectivity index (χ1n) is 9.11. The van der Waals surface area contributed by atoms with E-state index in [4.69, 9.17) is 5.73 Å². The van der Waals surface area contributed by atoms with Gasteiger partial charge in [0.1, 0.15) is 6.04 Å². The summed E-state index contributed by atoms with van der Waals surface area (Å²) in [5, 5.41) is 7.89. The molecule has 2 aromatic rings. The fourth-order valence-electron chi connectivity index (χ4n) is 2.94. The van der Waals surface area contributed by atoms with Crippen LogP contribution in [0.15, 0.2) is 24.3 Å². The van der Waals surface area contributed by atoms with E-state index in [-0.39, 0.29) is 18.3 Å². The number of para-hydroxylation sites is 1. The second-order valence-electron chi connectivity index (χ2n) is 6.58. The highest BCUT2D eigenvalue weighted by Crippen LogP contribution is 2.20. The van der Waals surface area contributed by atoms with Crippen LogP contribution in [-0.2, 0) is 11.3 Å². The lowest BCUT2D eigenvalue weighted by atomic mass is 9.98. The third-order valence-electron chi connectivity index (χ3n) is 4.68. The number of aromatic nitrogens is 2. The van der Waals surface area contributed by atoms with Gasteiger partial charge in [0.05, 0.1) is 12.2 Å². The Kier molecular flexibility index (Phi) is 7.12. The van der Waals surface area contributed by atoms with E-state index in [1.165, 1.54) is 0 Å². The zero-order chi connectivity index (χ0) is 19.1. The second kappa shape index (κ2) is 9.31. The number of nitrogens with zero attached hydrogens (tertiary/aromatic N) is 2. The van der Waals surface area contributed by atoms with Crippen LogP contribution in [0.3, 0.4) is 0 Å². The smallest absolute Gasteiger partial charge is 0.273 e. The molecule has 0 saturated heterocycles. The number of alkyl halides is 1. The average Bonchev–Trinajstić information content (AvgIpc) is 3.01. The highest BCUT2D eigenvalue weighted by atomic mass is 19.1. The van der Waals surface area contributed by atoms with Crippen molar-refractivity contribution in [1.82, 2.24) is 15.1 Å². The van der Waals surface area contributed by atoms with Gasteiger partial charge in [-0.15, -0.1) is 0 Å². The lowest BCUT2D eigenvalue weighted by Gasteiger charge is -2.20. The minimum atomic E-state index is -0.735. The predicted octanol–water partition coefficient (Wildman–Crippen LogP) is 2.81. The molecule has 2 atom stereocenters. The molecule has 6 nitrogen and oxygen atoms in total. The number of primary amides is 1.